The molecule has 0 bridgehead atoms. The fourth-order valence-electron chi connectivity index (χ4n) is 4.23. The van der Waals surface area contributed by atoms with Crippen molar-refractivity contribution in [2.75, 3.05) is 32.1 Å². The van der Waals surface area contributed by atoms with E-state index in [4.69, 9.17) is 14.5 Å². The summed E-state index contributed by atoms with van der Waals surface area (Å²) in [4.78, 5) is 20.0. The molecule has 3 aromatic heterocycles. The zero-order chi connectivity index (χ0) is 21.4. The third kappa shape index (κ3) is 4.05. The summed E-state index contributed by atoms with van der Waals surface area (Å²) in [6.45, 7) is 4.36. The molecular weight excluding hydrogens is 408 g/mol. The normalized spacial score (nSPS) is 17.0. The van der Waals surface area contributed by atoms with Gasteiger partial charge < -0.3 is 14.3 Å². The molecule has 0 amide bonds. The molecule has 8 heteroatoms. The molecular formula is C23H26N6OS. The Labute approximate surface area is 185 Å². The van der Waals surface area contributed by atoms with Crippen molar-refractivity contribution >= 4 is 27.4 Å². The van der Waals surface area contributed by atoms with E-state index >= 15 is 0 Å². The largest absolute Gasteiger partial charge is 0.355 e. The van der Waals surface area contributed by atoms with Gasteiger partial charge in [-0.3, -0.25) is 0 Å². The predicted octanol–water partition coefficient (Wildman–Crippen LogP) is 4.50. The molecule has 160 valence electrons. The van der Waals surface area contributed by atoms with Gasteiger partial charge in [-0.05, 0) is 39.4 Å². The van der Waals surface area contributed by atoms with Gasteiger partial charge in [-0.1, -0.05) is 35.5 Å². The van der Waals surface area contributed by atoms with Gasteiger partial charge in [-0.2, -0.15) is 4.98 Å². The number of aromatic nitrogens is 4. The van der Waals surface area contributed by atoms with Gasteiger partial charge in [0.05, 0.1) is 17.8 Å². The van der Waals surface area contributed by atoms with Gasteiger partial charge in [0.2, 0.25) is 5.89 Å². The maximum atomic E-state index is 5.50. The Hall–Kier alpha value is -2.84. The van der Waals surface area contributed by atoms with Crippen LogP contribution in [0.2, 0.25) is 0 Å². The van der Waals surface area contributed by atoms with Crippen LogP contribution in [0.15, 0.2) is 40.2 Å². The summed E-state index contributed by atoms with van der Waals surface area (Å²) < 4.78 is 5.50. The van der Waals surface area contributed by atoms with Crippen LogP contribution in [0.5, 0.6) is 0 Å². The summed E-state index contributed by atoms with van der Waals surface area (Å²) in [5, 5.41) is 7.35. The zero-order valence-electron chi connectivity index (χ0n) is 18.1. The highest BCUT2D eigenvalue weighted by Gasteiger charge is 2.29. The van der Waals surface area contributed by atoms with E-state index in [1.807, 2.05) is 27.1 Å². The lowest BCUT2D eigenvalue weighted by atomic mass is 9.97. The van der Waals surface area contributed by atoms with Crippen LogP contribution in [0, 0.1) is 6.92 Å². The molecule has 4 heterocycles. The van der Waals surface area contributed by atoms with Crippen molar-refractivity contribution in [2.24, 2.45) is 0 Å². The average Bonchev–Trinajstić information content (AvgIpc) is 3.40. The fraction of sp³-hybridized carbons (Fsp3) is 0.391. The van der Waals surface area contributed by atoms with Gasteiger partial charge >= 0.3 is 0 Å². The number of thiophene rings is 1. The van der Waals surface area contributed by atoms with Gasteiger partial charge in [0.15, 0.2) is 5.82 Å². The van der Waals surface area contributed by atoms with E-state index in [1.54, 1.807) is 11.3 Å². The van der Waals surface area contributed by atoms with Crippen molar-refractivity contribution in [3.63, 3.8) is 0 Å². The van der Waals surface area contributed by atoms with E-state index in [0.717, 1.165) is 53.7 Å². The van der Waals surface area contributed by atoms with Crippen molar-refractivity contribution in [1.29, 1.82) is 0 Å². The third-order valence-corrected chi connectivity index (χ3v) is 6.49. The van der Waals surface area contributed by atoms with E-state index in [0.29, 0.717) is 12.4 Å². The van der Waals surface area contributed by atoms with Gasteiger partial charge in [0, 0.05) is 24.0 Å². The molecule has 1 aromatic carbocycles. The first kappa shape index (κ1) is 20.1. The van der Waals surface area contributed by atoms with Gasteiger partial charge in [-0.15, -0.1) is 11.3 Å². The number of benzene rings is 1. The van der Waals surface area contributed by atoms with Gasteiger partial charge in [-0.25, -0.2) is 9.97 Å². The number of anilines is 1. The molecule has 1 fully saturated rings. The Bertz CT molecular complexity index is 1190. The molecule has 31 heavy (non-hydrogen) atoms. The van der Waals surface area contributed by atoms with Crippen molar-refractivity contribution in [3.8, 4) is 11.1 Å². The number of nitrogens with zero attached hydrogens (tertiary/aromatic N) is 6. The fourth-order valence-corrected chi connectivity index (χ4v) is 5.19. The van der Waals surface area contributed by atoms with Gasteiger partial charge in [0.25, 0.3) is 0 Å². The maximum Gasteiger partial charge on any atom is 0.231 e. The van der Waals surface area contributed by atoms with E-state index in [2.05, 4.69) is 49.6 Å². The number of hydrogen-bond acceptors (Lipinski definition) is 8. The van der Waals surface area contributed by atoms with E-state index in [-0.39, 0.29) is 5.92 Å². The second kappa shape index (κ2) is 8.36. The second-order valence-electron chi connectivity index (χ2n) is 8.36. The molecule has 0 radical (unpaired) electrons. The van der Waals surface area contributed by atoms with Crippen LogP contribution in [-0.4, -0.2) is 52.2 Å². The summed E-state index contributed by atoms with van der Waals surface area (Å²) in [5.41, 5.74) is 2.39. The number of hydrogen-bond donors (Lipinski definition) is 0. The summed E-state index contributed by atoms with van der Waals surface area (Å²) in [7, 11) is 4.10. The smallest absolute Gasteiger partial charge is 0.231 e. The number of fused-ring (bicyclic) bond motifs is 1. The first-order chi connectivity index (χ1) is 15.1. The lowest BCUT2D eigenvalue weighted by Crippen LogP contribution is -2.35. The molecule has 1 saturated heterocycles. The molecule has 0 aliphatic carbocycles. The Morgan fingerprint density at radius 1 is 1.16 bits per heavy atom. The quantitative estimate of drug-likeness (QED) is 0.458. The monoisotopic (exact) mass is 434 g/mol. The third-order valence-electron chi connectivity index (χ3n) is 5.62. The first-order valence-electron chi connectivity index (χ1n) is 10.6. The minimum Gasteiger partial charge on any atom is -0.355 e. The van der Waals surface area contributed by atoms with Crippen LogP contribution in [0.4, 0.5) is 5.82 Å². The molecule has 4 aromatic rings. The van der Waals surface area contributed by atoms with Crippen LogP contribution >= 0.6 is 11.3 Å². The molecule has 0 saturated carbocycles. The number of piperidine rings is 1. The molecule has 1 unspecified atom stereocenters. The average molecular weight is 435 g/mol. The molecule has 7 nitrogen and oxygen atoms in total. The highest BCUT2D eigenvalue weighted by atomic mass is 32.1. The molecule has 1 atom stereocenters. The van der Waals surface area contributed by atoms with E-state index < -0.39 is 0 Å². The number of aryl methyl sites for hydroxylation is 1. The highest BCUT2D eigenvalue weighted by Crippen LogP contribution is 2.40. The Kier molecular flexibility index (Phi) is 5.41. The molecule has 0 spiro atoms. The zero-order valence-corrected chi connectivity index (χ0v) is 18.9. The Morgan fingerprint density at radius 3 is 2.74 bits per heavy atom. The van der Waals surface area contributed by atoms with Crippen molar-refractivity contribution in [1.82, 2.24) is 25.0 Å². The first-order valence-corrected chi connectivity index (χ1v) is 11.5. The molecule has 5 rings (SSSR count). The molecule has 0 N–H and O–H groups in total. The van der Waals surface area contributed by atoms with E-state index in [9.17, 15) is 0 Å². The Balaban J connectivity index is 1.60. The van der Waals surface area contributed by atoms with Crippen LogP contribution in [0.1, 0.15) is 36.3 Å². The van der Waals surface area contributed by atoms with Crippen LogP contribution in [0.3, 0.4) is 0 Å². The SMILES string of the molecule is Cc1noc(C2CCCN(c3nc(CN(C)C)nc4scc(-c5ccccc5)c34)C2)n1. The minimum absolute atomic E-state index is 0.219. The summed E-state index contributed by atoms with van der Waals surface area (Å²) in [6.07, 6.45) is 2.11. The predicted molar refractivity (Wildman–Crippen MR) is 123 cm³/mol. The maximum absolute atomic E-state index is 5.50. The minimum atomic E-state index is 0.219. The second-order valence-corrected chi connectivity index (χ2v) is 9.22. The van der Waals surface area contributed by atoms with Crippen molar-refractivity contribution in [3.05, 3.63) is 53.3 Å². The van der Waals surface area contributed by atoms with Crippen LogP contribution in [-0.2, 0) is 6.54 Å². The topological polar surface area (TPSA) is 71.2 Å². The van der Waals surface area contributed by atoms with Crippen molar-refractivity contribution in [2.45, 2.75) is 32.2 Å². The lowest BCUT2D eigenvalue weighted by molar-refractivity contribution is 0.331. The van der Waals surface area contributed by atoms with Crippen LogP contribution in [0.25, 0.3) is 21.3 Å². The van der Waals surface area contributed by atoms with E-state index in [1.165, 1.54) is 11.1 Å². The standard InChI is InChI=1S/C23H26N6OS/c1-15-24-22(30-27-15)17-10-7-11-29(12-17)21-20-18(16-8-5-4-6-9-16)14-31-23(20)26-19(25-21)13-28(2)3/h4-6,8-9,14,17H,7,10-13H2,1-3H3. The molecule has 1 aliphatic heterocycles. The summed E-state index contributed by atoms with van der Waals surface area (Å²) >= 11 is 1.69. The molecule has 1 aliphatic rings. The highest BCUT2D eigenvalue weighted by molar-refractivity contribution is 7.17. The summed E-state index contributed by atoms with van der Waals surface area (Å²) in [5.74, 6) is 3.51. The summed E-state index contributed by atoms with van der Waals surface area (Å²) in [6, 6.07) is 10.5. The van der Waals surface area contributed by atoms with Gasteiger partial charge in [0.1, 0.15) is 16.5 Å². The van der Waals surface area contributed by atoms with Crippen molar-refractivity contribution < 1.29 is 4.52 Å². The van der Waals surface area contributed by atoms with Crippen LogP contribution < -0.4 is 4.90 Å². The lowest BCUT2D eigenvalue weighted by Gasteiger charge is -2.32. The number of rotatable bonds is 5. The Morgan fingerprint density at radius 2 is 2.00 bits per heavy atom.